The van der Waals surface area contributed by atoms with Crippen molar-refractivity contribution in [3.63, 3.8) is 0 Å². The fourth-order valence-corrected chi connectivity index (χ4v) is 4.39. The maximum Gasteiger partial charge on any atom is 0.224 e. The lowest BCUT2D eigenvalue weighted by molar-refractivity contribution is -0.125. The lowest BCUT2D eigenvalue weighted by Gasteiger charge is -2.24. The summed E-state index contributed by atoms with van der Waals surface area (Å²) in [5.74, 6) is 0.327. The number of amides is 1. The molecule has 6 nitrogen and oxygen atoms in total. The topological polar surface area (TPSA) is 63.1 Å². The van der Waals surface area contributed by atoms with Gasteiger partial charge in [-0.25, -0.2) is 0 Å². The summed E-state index contributed by atoms with van der Waals surface area (Å²) in [5, 5.41) is 10.9. The van der Waals surface area contributed by atoms with Crippen molar-refractivity contribution >= 4 is 5.91 Å². The van der Waals surface area contributed by atoms with Crippen LogP contribution in [0.1, 0.15) is 37.3 Å². The van der Waals surface area contributed by atoms with E-state index >= 15 is 0 Å². The Labute approximate surface area is 148 Å². The quantitative estimate of drug-likeness (QED) is 0.818. The van der Waals surface area contributed by atoms with Crippen molar-refractivity contribution in [2.75, 3.05) is 13.1 Å². The minimum Gasteiger partial charge on any atom is -0.356 e. The van der Waals surface area contributed by atoms with E-state index in [1.165, 1.54) is 12.0 Å². The van der Waals surface area contributed by atoms with E-state index in [0.29, 0.717) is 18.6 Å². The zero-order valence-corrected chi connectivity index (χ0v) is 14.4. The van der Waals surface area contributed by atoms with Crippen molar-refractivity contribution in [1.29, 1.82) is 0 Å². The molecular weight excluding hydrogens is 314 g/mol. The van der Waals surface area contributed by atoms with Crippen LogP contribution in [0.5, 0.6) is 0 Å². The van der Waals surface area contributed by atoms with Gasteiger partial charge in [-0.1, -0.05) is 35.5 Å². The average Bonchev–Trinajstić information content (AvgIpc) is 3.36. The molecule has 6 heteroatoms. The summed E-state index contributed by atoms with van der Waals surface area (Å²) in [5.41, 5.74) is 1.34. The standard InChI is InChI=1S/C19H25N5O/c25-19(20-9-5-11-23-13-10-21-22-23)16-14-18(15-6-2-1-3-7-15)24-12-4-8-17(16)24/h1-3,6-7,10,13,16-18H,4-5,8-9,11-12,14H2,(H,20,25)/t16-,17+,18-/m1/s1. The van der Waals surface area contributed by atoms with Crippen LogP contribution in [0.25, 0.3) is 0 Å². The van der Waals surface area contributed by atoms with Gasteiger partial charge in [-0.2, -0.15) is 0 Å². The molecule has 1 aromatic carbocycles. The number of nitrogens with zero attached hydrogens (tertiary/aromatic N) is 4. The number of carbonyl (C=O) groups is 1. The molecule has 4 rings (SSSR count). The highest BCUT2D eigenvalue weighted by Crippen LogP contribution is 2.44. The summed E-state index contributed by atoms with van der Waals surface area (Å²) in [6.07, 6.45) is 7.67. The van der Waals surface area contributed by atoms with Crippen LogP contribution in [0.4, 0.5) is 0 Å². The van der Waals surface area contributed by atoms with E-state index in [2.05, 4.69) is 50.9 Å². The van der Waals surface area contributed by atoms with Gasteiger partial charge in [0.05, 0.1) is 12.1 Å². The summed E-state index contributed by atoms with van der Waals surface area (Å²) >= 11 is 0. The number of aromatic nitrogens is 3. The molecule has 3 heterocycles. The zero-order valence-electron chi connectivity index (χ0n) is 14.4. The average molecular weight is 339 g/mol. The van der Waals surface area contributed by atoms with E-state index < -0.39 is 0 Å². The Morgan fingerprint density at radius 3 is 2.96 bits per heavy atom. The highest BCUT2D eigenvalue weighted by molar-refractivity contribution is 5.80. The maximum absolute atomic E-state index is 12.8. The fourth-order valence-electron chi connectivity index (χ4n) is 4.39. The summed E-state index contributed by atoms with van der Waals surface area (Å²) in [4.78, 5) is 15.3. The van der Waals surface area contributed by atoms with E-state index in [1.54, 1.807) is 10.9 Å². The summed E-state index contributed by atoms with van der Waals surface area (Å²) in [6.45, 7) is 2.59. The number of nitrogens with one attached hydrogen (secondary N) is 1. The van der Waals surface area contributed by atoms with Crippen LogP contribution in [0, 0.1) is 5.92 Å². The van der Waals surface area contributed by atoms with E-state index in [1.807, 2.05) is 6.20 Å². The van der Waals surface area contributed by atoms with E-state index in [-0.39, 0.29) is 11.8 Å². The van der Waals surface area contributed by atoms with Gasteiger partial charge in [-0.05, 0) is 37.8 Å². The predicted molar refractivity (Wildman–Crippen MR) is 94.7 cm³/mol. The summed E-state index contributed by atoms with van der Waals surface area (Å²) in [6, 6.07) is 11.4. The third-order valence-corrected chi connectivity index (χ3v) is 5.54. The second kappa shape index (κ2) is 7.35. The van der Waals surface area contributed by atoms with Gasteiger partial charge in [0.15, 0.2) is 0 Å². The van der Waals surface area contributed by atoms with E-state index in [9.17, 15) is 4.79 Å². The predicted octanol–water partition coefficient (Wildman–Crippen LogP) is 2.01. The molecule has 1 N–H and O–H groups in total. The van der Waals surface area contributed by atoms with Gasteiger partial charge in [0.2, 0.25) is 5.91 Å². The van der Waals surface area contributed by atoms with Crippen LogP contribution in [0.2, 0.25) is 0 Å². The first-order chi connectivity index (χ1) is 12.3. The Hall–Kier alpha value is -2.21. The molecule has 0 aliphatic carbocycles. The normalized spacial score (nSPS) is 25.8. The minimum atomic E-state index is 0.110. The number of fused-ring (bicyclic) bond motifs is 1. The van der Waals surface area contributed by atoms with Gasteiger partial charge >= 0.3 is 0 Å². The number of rotatable bonds is 6. The Kier molecular flexibility index (Phi) is 4.78. The fraction of sp³-hybridized carbons (Fsp3) is 0.526. The summed E-state index contributed by atoms with van der Waals surface area (Å²) < 4.78 is 1.80. The maximum atomic E-state index is 12.8. The first-order valence-electron chi connectivity index (χ1n) is 9.25. The SMILES string of the molecule is O=C(NCCCn1ccnn1)[C@@H]1C[C@H](c2ccccc2)N2CCC[C@@H]12. The molecule has 0 saturated carbocycles. The van der Waals surface area contributed by atoms with Crippen LogP contribution in [0.3, 0.4) is 0 Å². The highest BCUT2D eigenvalue weighted by atomic mass is 16.2. The molecule has 0 spiro atoms. The lowest BCUT2D eigenvalue weighted by atomic mass is 9.93. The molecule has 0 unspecified atom stereocenters. The van der Waals surface area contributed by atoms with Crippen LogP contribution in [0.15, 0.2) is 42.7 Å². The molecule has 2 aromatic rings. The van der Waals surface area contributed by atoms with Gasteiger partial charge in [-0.3, -0.25) is 14.4 Å². The molecule has 3 atom stereocenters. The highest BCUT2D eigenvalue weighted by Gasteiger charge is 2.46. The molecular formula is C19H25N5O. The van der Waals surface area contributed by atoms with Crippen molar-refractivity contribution in [1.82, 2.24) is 25.2 Å². The van der Waals surface area contributed by atoms with Crippen molar-refractivity contribution in [2.45, 2.75) is 44.3 Å². The van der Waals surface area contributed by atoms with Crippen molar-refractivity contribution < 1.29 is 4.79 Å². The second-order valence-corrected chi connectivity index (χ2v) is 7.03. The number of hydrogen-bond acceptors (Lipinski definition) is 4. The molecule has 132 valence electrons. The Bertz CT molecular complexity index is 687. The zero-order chi connectivity index (χ0) is 17.1. The molecule has 1 aromatic heterocycles. The smallest absolute Gasteiger partial charge is 0.224 e. The molecule has 2 saturated heterocycles. The first-order valence-corrected chi connectivity index (χ1v) is 9.25. The van der Waals surface area contributed by atoms with Crippen molar-refractivity contribution in [3.05, 3.63) is 48.3 Å². The van der Waals surface area contributed by atoms with Crippen molar-refractivity contribution in [3.8, 4) is 0 Å². The van der Waals surface area contributed by atoms with Gasteiger partial charge in [-0.15, -0.1) is 5.10 Å². The van der Waals surface area contributed by atoms with Gasteiger partial charge in [0, 0.05) is 31.4 Å². The number of aryl methyl sites for hydroxylation is 1. The van der Waals surface area contributed by atoms with Crippen LogP contribution in [-0.4, -0.2) is 44.9 Å². The molecule has 2 fully saturated rings. The Balaban J connectivity index is 1.34. The Morgan fingerprint density at radius 1 is 1.28 bits per heavy atom. The van der Waals surface area contributed by atoms with Crippen LogP contribution in [-0.2, 0) is 11.3 Å². The first kappa shape index (κ1) is 16.3. The third-order valence-electron chi connectivity index (χ3n) is 5.54. The largest absolute Gasteiger partial charge is 0.356 e. The van der Waals surface area contributed by atoms with Gasteiger partial charge in [0.1, 0.15) is 0 Å². The van der Waals surface area contributed by atoms with Crippen LogP contribution < -0.4 is 5.32 Å². The molecule has 2 aliphatic heterocycles. The van der Waals surface area contributed by atoms with Gasteiger partial charge < -0.3 is 5.32 Å². The van der Waals surface area contributed by atoms with Gasteiger partial charge in [0.25, 0.3) is 0 Å². The molecule has 1 amide bonds. The lowest BCUT2D eigenvalue weighted by Crippen LogP contribution is -2.38. The number of benzene rings is 1. The Morgan fingerprint density at radius 2 is 2.16 bits per heavy atom. The van der Waals surface area contributed by atoms with Crippen LogP contribution >= 0.6 is 0 Å². The minimum absolute atomic E-state index is 0.110. The second-order valence-electron chi connectivity index (χ2n) is 7.03. The molecule has 2 aliphatic rings. The third kappa shape index (κ3) is 3.44. The number of hydrogen-bond donors (Lipinski definition) is 1. The van der Waals surface area contributed by atoms with E-state index in [4.69, 9.17) is 0 Å². The van der Waals surface area contributed by atoms with E-state index in [0.717, 1.165) is 32.4 Å². The van der Waals surface area contributed by atoms with Crippen molar-refractivity contribution in [2.24, 2.45) is 5.92 Å². The molecule has 0 radical (unpaired) electrons. The molecule has 0 bridgehead atoms. The summed E-state index contributed by atoms with van der Waals surface area (Å²) in [7, 11) is 0. The molecule has 25 heavy (non-hydrogen) atoms. The number of carbonyl (C=O) groups excluding carboxylic acids is 1. The monoisotopic (exact) mass is 339 g/mol.